The van der Waals surface area contributed by atoms with Crippen molar-refractivity contribution >= 4 is 32.2 Å². The molecule has 0 radical (unpaired) electrons. The number of nitrogens with one attached hydrogen (secondary N) is 1. The van der Waals surface area contributed by atoms with E-state index in [0.717, 1.165) is 12.1 Å². The fourth-order valence-electron chi connectivity index (χ4n) is 1.36. The molecule has 1 aromatic carbocycles. The summed E-state index contributed by atoms with van der Waals surface area (Å²) in [7, 11) is 0. The number of ether oxygens (including phenoxy) is 1. The highest BCUT2D eigenvalue weighted by Gasteiger charge is 2.34. The maximum absolute atomic E-state index is 13.6. The molecule has 1 aromatic rings. The van der Waals surface area contributed by atoms with Gasteiger partial charge in [-0.3, -0.25) is 5.43 Å². The molecule has 1 N–H and O–H groups in total. The SMILES string of the molecule is CCOC(=O)c1cc(NN=C(Br)C(F)(F)F)c(F)cc1C. The van der Waals surface area contributed by atoms with Crippen molar-refractivity contribution in [2.75, 3.05) is 12.0 Å². The average Bonchev–Trinajstić information content (AvgIpc) is 2.36. The van der Waals surface area contributed by atoms with Crippen LogP contribution in [0.2, 0.25) is 0 Å². The molecule has 0 aliphatic rings. The van der Waals surface area contributed by atoms with Crippen molar-refractivity contribution in [3.63, 3.8) is 0 Å². The van der Waals surface area contributed by atoms with Crippen LogP contribution in [0.1, 0.15) is 22.8 Å². The number of hydrazone groups is 1. The maximum atomic E-state index is 13.6. The molecule has 0 saturated heterocycles. The first-order valence-corrected chi connectivity index (χ1v) is 6.49. The normalized spacial score (nSPS) is 12.2. The van der Waals surface area contributed by atoms with Gasteiger partial charge in [0.25, 0.3) is 0 Å². The van der Waals surface area contributed by atoms with Crippen molar-refractivity contribution in [2.24, 2.45) is 5.10 Å². The molecule has 0 saturated carbocycles. The number of hydrogen-bond acceptors (Lipinski definition) is 4. The van der Waals surface area contributed by atoms with Gasteiger partial charge in [0.15, 0.2) is 0 Å². The number of rotatable bonds is 4. The third-order valence-corrected chi connectivity index (χ3v) is 2.94. The van der Waals surface area contributed by atoms with Crippen LogP contribution in [0.25, 0.3) is 0 Å². The minimum Gasteiger partial charge on any atom is -0.462 e. The lowest BCUT2D eigenvalue weighted by Crippen LogP contribution is -2.18. The fourth-order valence-corrected chi connectivity index (χ4v) is 1.45. The van der Waals surface area contributed by atoms with Gasteiger partial charge in [-0.2, -0.15) is 18.3 Å². The zero-order valence-electron chi connectivity index (χ0n) is 11.0. The Kier molecular flexibility index (Phi) is 5.70. The molecule has 0 aliphatic carbocycles. The fraction of sp³-hybridized carbons (Fsp3) is 0.333. The number of nitrogens with zero attached hydrogens (tertiary/aromatic N) is 1. The van der Waals surface area contributed by atoms with Gasteiger partial charge in [-0.1, -0.05) is 0 Å². The molecule has 0 bridgehead atoms. The molecule has 0 amide bonds. The van der Waals surface area contributed by atoms with Crippen LogP contribution in [-0.2, 0) is 4.74 Å². The highest BCUT2D eigenvalue weighted by molar-refractivity contribution is 9.18. The Morgan fingerprint density at radius 3 is 2.57 bits per heavy atom. The number of anilines is 1. The van der Waals surface area contributed by atoms with E-state index < -0.39 is 22.6 Å². The van der Waals surface area contributed by atoms with Gasteiger partial charge in [0.05, 0.1) is 17.9 Å². The number of halogens is 5. The van der Waals surface area contributed by atoms with Crippen LogP contribution in [0.5, 0.6) is 0 Å². The van der Waals surface area contributed by atoms with E-state index in [1.165, 1.54) is 6.92 Å². The van der Waals surface area contributed by atoms with E-state index in [-0.39, 0.29) is 17.9 Å². The monoisotopic (exact) mass is 370 g/mol. The largest absolute Gasteiger partial charge is 0.462 e. The molecule has 0 aromatic heterocycles. The van der Waals surface area contributed by atoms with Gasteiger partial charge in [0.1, 0.15) is 5.82 Å². The molecule has 0 atom stereocenters. The molecule has 9 heteroatoms. The first-order chi connectivity index (χ1) is 9.66. The Balaban J connectivity index is 3.09. The van der Waals surface area contributed by atoms with Gasteiger partial charge < -0.3 is 4.74 Å². The Bertz CT molecular complexity index is 573. The summed E-state index contributed by atoms with van der Waals surface area (Å²) < 4.78 is 53.8. The molecule has 0 fully saturated rings. The summed E-state index contributed by atoms with van der Waals surface area (Å²) >= 11 is 2.22. The zero-order valence-corrected chi connectivity index (χ0v) is 12.6. The predicted octanol–water partition coefficient (Wildman–Crippen LogP) is 3.99. The highest BCUT2D eigenvalue weighted by atomic mass is 79.9. The summed E-state index contributed by atoms with van der Waals surface area (Å²) in [5.41, 5.74) is 1.89. The van der Waals surface area contributed by atoms with E-state index >= 15 is 0 Å². The third-order valence-electron chi connectivity index (χ3n) is 2.32. The Hall–Kier alpha value is -1.64. The molecule has 116 valence electrons. The summed E-state index contributed by atoms with van der Waals surface area (Å²) in [5, 5.41) is 2.97. The van der Waals surface area contributed by atoms with Crippen LogP contribution in [0.3, 0.4) is 0 Å². The number of benzene rings is 1. The quantitative estimate of drug-likeness (QED) is 0.377. The minimum absolute atomic E-state index is 0.0408. The lowest BCUT2D eigenvalue weighted by atomic mass is 10.1. The molecule has 0 unspecified atom stereocenters. The van der Waals surface area contributed by atoms with Crippen molar-refractivity contribution in [3.05, 3.63) is 29.1 Å². The van der Waals surface area contributed by atoms with Crippen LogP contribution in [0, 0.1) is 12.7 Å². The van der Waals surface area contributed by atoms with E-state index in [1.54, 1.807) is 6.92 Å². The molecule has 0 spiro atoms. The van der Waals surface area contributed by atoms with Gasteiger partial charge in [0.2, 0.25) is 4.62 Å². The van der Waals surface area contributed by atoms with Gasteiger partial charge in [0, 0.05) is 0 Å². The van der Waals surface area contributed by atoms with Crippen LogP contribution in [-0.4, -0.2) is 23.4 Å². The zero-order chi connectivity index (χ0) is 16.2. The van der Waals surface area contributed by atoms with E-state index in [0.29, 0.717) is 5.56 Å². The van der Waals surface area contributed by atoms with E-state index in [9.17, 15) is 22.4 Å². The van der Waals surface area contributed by atoms with Crippen molar-refractivity contribution in [2.45, 2.75) is 20.0 Å². The van der Waals surface area contributed by atoms with E-state index in [4.69, 9.17) is 4.74 Å². The smallest absolute Gasteiger partial charge is 0.441 e. The second-order valence-electron chi connectivity index (χ2n) is 3.88. The lowest BCUT2D eigenvalue weighted by molar-refractivity contribution is -0.0551. The molecule has 0 aliphatic heterocycles. The van der Waals surface area contributed by atoms with Gasteiger partial charge in [-0.15, -0.1) is 0 Å². The average molecular weight is 371 g/mol. The van der Waals surface area contributed by atoms with E-state index in [1.807, 2.05) is 5.43 Å². The molecule has 1 rings (SSSR count). The summed E-state index contributed by atoms with van der Waals surface area (Å²) in [6, 6.07) is 2.05. The second-order valence-corrected chi connectivity index (χ2v) is 4.63. The number of esters is 1. The van der Waals surface area contributed by atoms with Gasteiger partial charge >= 0.3 is 12.1 Å². The summed E-state index contributed by atoms with van der Waals surface area (Å²) in [6.07, 6.45) is -4.70. The van der Waals surface area contributed by atoms with Gasteiger partial charge in [-0.25, -0.2) is 9.18 Å². The topological polar surface area (TPSA) is 50.7 Å². The first-order valence-electron chi connectivity index (χ1n) is 5.70. The van der Waals surface area contributed by atoms with Crippen molar-refractivity contribution < 1.29 is 27.1 Å². The second kappa shape index (κ2) is 6.88. The summed E-state index contributed by atoms with van der Waals surface area (Å²) in [5.74, 6) is -1.54. The van der Waals surface area contributed by atoms with Crippen LogP contribution in [0.4, 0.5) is 23.2 Å². The van der Waals surface area contributed by atoms with Gasteiger partial charge in [-0.05, 0) is 47.5 Å². The standard InChI is InChI=1S/C12H11BrF4N2O2/c1-3-21-10(20)7-5-9(8(14)4-6(7)2)18-19-11(13)12(15,16)17/h4-5,18H,3H2,1-2H3. The number of hydrogen-bond donors (Lipinski definition) is 1. The lowest BCUT2D eigenvalue weighted by Gasteiger charge is -2.10. The summed E-state index contributed by atoms with van der Waals surface area (Å²) in [4.78, 5) is 11.6. The number of carbonyl (C=O) groups excluding carboxylic acids is 1. The third kappa shape index (κ3) is 4.69. The Morgan fingerprint density at radius 1 is 1.43 bits per heavy atom. The number of aryl methyl sites for hydroxylation is 1. The van der Waals surface area contributed by atoms with Crippen molar-refractivity contribution in [1.29, 1.82) is 0 Å². The van der Waals surface area contributed by atoms with Crippen LogP contribution < -0.4 is 5.43 Å². The summed E-state index contributed by atoms with van der Waals surface area (Å²) in [6.45, 7) is 3.20. The van der Waals surface area contributed by atoms with Crippen molar-refractivity contribution in [3.8, 4) is 0 Å². The molecular weight excluding hydrogens is 360 g/mol. The maximum Gasteiger partial charge on any atom is 0.441 e. The van der Waals surface area contributed by atoms with Crippen molar-refractivity contribution in [1.82, 2.24) is 0 Å². The number of alkyl halides is 3. The molecule has 4 nitrogen and oxygen atoms in total. The van der Waals surface area contributed by atoms with Crippen LogP contribution >= 0.6 is 15.9 Å². The number of carbonyl (C=O) groups is 1. The predicted molar refractivity (Wildman–Crippen MR) is 73.1 cm³/mol. The molecular formula is C12H11BrF4N2O2. The highest BCUT2D eigenvalue weighted by Crippen LogP contribution is 2.24. The minimum atomic E-state index is -4.70. The Morgan fingerprint density at radius 2 is 2.05 bits per heavy atom. The molecule has 21 heavy (non-hydrogen) atoms. The Labute approximate surface area is 126 Å². The first kappa shape index (κ1) is 17.4. The van der Waals surface area contributed by atoms with Crippen LogP contribution in [0.15, 0.2) is 17.2 Å². The molecule has 0 heterocycles. The van der Waals surface area contributed by atoms with E-state index in [2.05, 4.69) is 21.0 Å².